The van der Waals surface area contributed by atoms with E-state index in [0.29, 0.717) is 12.8 Å². The van der Waals surface area contributed by atoms with Crippen molar-refractivity contribution in [1.29, 1.82) is 0 Å². The molecule has 0 aromatic heterocycles. The fourth-order valence-corrected chi connectivity index (χ4v) is 3.02. The first-order chi connectivity index (χ1) is 7.42. The van der Waals surface area contributed by atoms with Crippen LogP contribution in [0.5, 0.6) is 11.5 Å². The van der Waals surface area contributed by atoms with Crippen LogP contribution in [0.2, 0.25) is 0 Å². The summed E-state index contributed by atoms with van der Waals surface area (Å²) in [5.41, 5.74) is 1.13. The number of anilines is 1. The van der Waals surface area contributed by atoms with Crippen LogP contribution in [0.15, 0.2) is 18.2 Å². The lowest BCUT2D eigenvalue weighted by Gasteiger charge is -2.12. The highest BCUT2D eigenvalue weighted by molar-refractivity contribution is 7.99. The first kappa shape index (κ1) is 9.21. The molecule has 0 spiro atoms. The van der Waals surface area contributed by atoms with E-state index in [1.807, 2.05) is 23.9 Å². The molecule has 15 heavy (non-hydrogen) atoms. The molecule has 1 aromatic carbocycles. The second-order valence-corrected chi connectivity index (χ2v) is 4.92. The zero-order valence-electron chi connectivity index (χ0n) is 8.36. The third-order valence-electron chi connectivity index (χ3n) is 2.67. The van der Waals surface area contributed by atoms with Gasteiger partial charge >= 0.3 is 0 Å². The van der Waals surface area contributed by atoms with E-state index in [0.717, 1.165) is 17.2 Å². The Kier molecular flexibility index (Phi) is 2.37. The van der Waals surface area contributed by atoms with Crippen molar-refractivity contribution in [2.24, 2.45) is 0 Å². The predicted octanol–water partition coefficient (Wildman–Crippen LogP) is 2.33. The van der Waals surface area contributed by atoms with Crippen LogP contribution in [0.4, 0.5) is 5.69 Å². The topological polar surface area (TPSA) is 30.5 Å². The Morgan fingerprint density at radius 1 is 1.27 bits per heavy atom. The lowest BCUT2D eigenvalue weighted by molar-refractivity contribution is 0.174. The van der Waals surface area contributed by atoms with Gasteiger partial charge in [-0.3, -0.25) is 0 Å². The molecular formula is C11H13NO2S. The van der Waals surface area contributed by atoms with Crippen LogP contribution in [0.3, 0.4) is 0 Å². The Labute approximate surface area is 93.1 Å². The molecule has 3 rings (SSSR count). The summed E-state index contributed by atoms with van der Waals surface area (Å²) >= 11 is 2.01. The van der Waals surface area contributed by atoms with Crippen LogP contribution >= 0.6 is 11.8 Å². The molecule has 0 aliphatic carbocycles. The molecule has 2 aliphatic heterocycles. The monoisotopic (exact) mass is 223 g/mol. The summed E-state index contributed by atoms with van der Waals surface area (Å²) in [6.07, 6.45) is 1.25. The Morgan fingerprint density at radius 2 is 2.20 bits per heavy atom. The van der Waals surface area contributed by atoms with E-state index in [2.05, 4.69) is 11.4 Å². The summed E-state index contributed by atoms with van der Waals surface area (Å²) < 4.78 is 10.6. The minimum absolute atomic E-state index is 0.345. The van der Waals surface area contributed by atoms with E-state index in [-0.39, 0.29) is 0 Å². The van der Waals surface area contributed by atoms with E-state index in [1.165, 1.54) is 17.9 Å². The van der Waals surface area contributed by atoms with Gasteiger partial charge in [-0.25, -0.2) is 0 Å². The van der Waals surface area contributed by atoms with Crippen molar-refractivity contribution in [1.82, 2.24) is 0 Å². The van der Waals surface area contributed by atoms with Crippen LogP contribution in [-0.4, -0.2) is 24.3 Å². The molecule has 0 bridgehead atoms. The highest BCUT2D eigenvalue weighted by Gasteiger charge is 2.17. The molecular weight excluding hydrogens is 210 g/mol. The zero-order chi connectivity index (χ0) is 10.1. The number of thioether (sulfide) groups is 1. The van der Waals surface area contributed by atoms with Gasteiger partial charge in [-0.1, -0.05) is 0 Å². The molecule has 3 nitrogen and oxygen atoms in total. The van der Waals surface area contributed by atoms with Crippen molar-refractivity contribution < 1.29 is 9.47 Å². The molecule has 0 radical (unpaired) electrons. The van der Waals surface area contributed by atoms with Crippen LogP contribution in [0.1, 0.15) is 6.42 Å². The van der Waals surface area contributed by atoms with E-state index >= 15 is 0 Å². The summed E-state index contributed by atoms with van der Waals surface area (Å²) in [6.45, 7) is 0.345. The molecule has 0 amide bonds. The fourth-order valence-electron chi connectivity index (χ4n) is 1.87. The van der Waals surface area contributed by atoms with Crippen LogP contribution in [-0.2, 0) is 0 Å². The normalized spacial score (nSPS) is 23.1. The van der Waals surface area contributed by atoms with Gasteiger partial charge in [-0.2, -0.15) is 11.8 Å². The second-order valence-electron chi connectivity index (χ2n) is 3.77. The first-order valence-electron chi connectivity index (χ1n) is 5.16. The second kappa shape index (κ2) is 3.85. The SMILES string of the molecule is c1cc2c(cc1N[C@H]1CCSC1)OCO2. The van der Waals surface area contributed by atoms with Crippen molar-refractivity contribution in [2.45, 2.75) is 12.5 Å². The van der Waals surface area contributed by atoms with Gasteiger partial charge in [-0.05, 0) is 24.3 Å². The van der Waals surface area contributed by atoms with Crippen LogP contribution in [0, 0.1) is 0 Å². The Bertz CT molecular complexity index is 364. The first-order valence-corrected chi connectivity index (χ1v) is 6.31. The van der Waals surface area contributed by atoms with Crippen molar-refractivity contribution in [3.63, 3.8) is 0 Å². The van der Waals surface area contributed by atoms with Crippen molar-refractivity contribution in [3.05, 3.63) is 18.2 Å². The minimum atomic E-state index is 0.345. The number of hydrogen-bond acceptors (Lipinski definition) is 4. The van der Waals surface area contributed by atoms with E-state index in [9.17, 15) is 0 Å². The number of hydrogen-bond donors (Lipinski definition) is 1. The van der Waals surface area contributed by atoms with Gasteiger partial charge in [0.05, 0.1) is 0 Å². The average Bonchev–Trinajstić information content (AvgIpc) is 2.87. The zero-order valence-corrected chi connectivity index (χ0v) is 9.18. The molecule has 1 N–H and O–H groups in total. The lowest BCUT2D eigenvalue weighted by atomic mass is 10.2. The summed E-state index contributed by atoms with van der Waals surface area (Å²) in [7, 11) is 0. The maximum absolute atomic E-state index is 5.34. The molecule has 80 valence electrons. The molecule has 1 aromatic rings. The molecule has 2 heterocycles. The maximum Gasteiger partial charge on any atom is 0.231 e. The molecule has 1 fully saturated rings. The summed E-state index contributed by atoms with van der Waals surface area (Å²) in [6, 6.07) is 6.64. The number of rotatable bonds is 2. The third-order valence-corrected chi connectivity index (χ3v) is 3.84. The minimum Gasteiger partial charge on any atom is -0.454 e. The van der Waals surface area contributed by atoms with Gasteiger partial charge in [0.2, 0.25) is 6.79 Å². The Hall–Kier alpha value is -1.03. The smallest absolute Gasteiger partial charge is 0.231 e. The van der Waals surface area contributed by atoms with Crippen LogP contribution in [0.25, 0.3) is 0 Å². The highest BCUT2D eigenvalue weighted by Crippen LogP contribution is 2.34. The highest BCUT2D eigenvalue weighted by atomic mass is 32.2. The number of nitrogens with one attached hydrogen (secondary N) is 1. The van der Waals surface area contributed by atoms with Gasteiger partial charge < -0.3 is 14.8 Å². The maximum atomic E-state index is 5.34. The molecule has 0 unspecified atom stereocenters. The average molecular weight is 223 g/mol. The molecule has 1 saturated heterocycles. The summed E-state index contributed by atoms with van der Waals surface area (Å²) in [5.74, 6) is 4.17. The number of benzene rings is 1. The van der Waals surface area contributed by atoms with Crippen molar-refractivity contribution in [2.75, 3.05) is 23.6 Å². The van der Waals surface area contributed by atoms with Gasteiger partial charge in [0.25, 0.3) is 0 Å². The van der Waals surface area contributed by atoms with Gasteiger partial charge in [-0.15, -0.1) is 0 Å². The van der Waals surface area contributed by atoms with E-state index in [4.69, 9.17) is 9.47 Å². The van der Waals surface area contributed by atoms with Gasteiger partial charge in [0, 0.05) is 23.5 Å². The van der Waals surface area contributed by atoms with E-state index in [1.54, 1.807) is 0 Å². The van der Waals surface area contributed by atoms with Crippen molar-refractivity contribution >= 4 is 17.4 Å². The Balaban J connectivity index is 1.75. The molecule has 0 saturated carbocycles. The summed E-state index contributed by atoms with van der Waals surface area (Å²) in [5, 5.41) is 3.51. The fraction of sp³-hybridized carbons (Fsp3) is 0.455. The third kappa shape index (κ3) is 1.86. The molecule has 4 heteroatoms. The Morgan fingerprint density at radius 3 is 3.07 bits per heavy atom. The standard InChI is InChI=1S/C11H13NO2S/c1-2-10-11(14-7-13-10)5-8(1)12-9-3-4-15-6-9/h1-2,5,9,12H,3-4,6-7H2/t9-/m0/s1. The molecule has 2 aliphatic rings. The lowest BCUT2D eigenvalue weighted by Crippen LogP contribution is -2.17. The van der Waals surface area contributed by atoms with E-state index < -0.39 is 0 Å². The summed E-state index contributed by atoms with van der Waals surface area (Å²) in [4.78, 5) is 0. The predicted molar refractivity (Wildman–Crippen MR) is 61.9 cm³/mol. The quantitative estimate of drug-likeness (QED) is 0.833. The van der Waals surface area contributed by atoms with Crippen molar-refractivity contribution in [3.8, 4) is 11.5 Å². The van der Waals surface area contributed by atoms with Crippen LogP contribution < -0.4 is 14.8 Å². The largest absolute Gasteiger partial charge is 0.454 e. The van der Waals surface area contributed by atoms with Gasteiger partial charge in [0.15, 0.2) is 11.5 Å². The number of ether oxygens (including phenoxy) is 2. The number of fused-ring (bicyclic) bond motifs is 1. The molecule has 1 atom stereocenters. The van der Waals surface area contributed by atoms with Gasteiger partial charge in [0.1, 0.15) is 0 Å².